The third-order valence-electron chi connectivity index (χ3n) is 1.67. The molecule has 0 atom stereocenters. The van der Waals surface area contributed by atoms with E-state index in [1.807, 2.05) is 0 Å². The highest BCUT2D eigenvalue weighted by Gasteiger charge is 2.07. The second-order valence-electron chi connectivity index (χ2n) is 2.52. The zero-order chi connectivity index (χ0) is 10.6. The minimum atomic E-state index is -0.00903. The number of nitrogens with zero attached hydrogens (tertiary/aromatic N) is 1. The van der Waals surface area contributed by atoms with Gasteiger partial charge in [-0.3, -0.25) is 0 Å². The molecule has 0 saturated heterocycles. The van der Waals surface area contributed by atoms with Crippen molar-refractivity contribution in [3.05, 3.63) is 22.7 Å². The fraction of sp³-hybridized carbons (Fsp3) is 0.222. The lowest BCUT2D eigenvalue weighted by Crippen LogP contribution is -1.88. The van der Waals surface area contributed by atoms with Crippen LogP contribution in [0.4, 0.5) is 0 Å². The summed E-state index contributed by atoms with van der Waals surface area (Å²) in [5, 5.41) is 9.81. The van der Waals surface area contributed by atoms with Gasteiger partial charge in [0.25, 0.3) is 0 Å². The number of phenolic OH excluding ortho intramolecular Hbond substituents is 1. The summed E-state index contributed by atoms with van der Waals surface area (Å²) in [6.45, 7) is 0.0546. The molecule has 0 aliphatic heterocycles. The van der Waals surface area contributed by atoms with Gasteiger partial charge in [-0.05, 0) is 6.07 Å². The molecule has 0 fully saturated rings. The van der Waals surface area contributed by atoms with Gasteiger partial charge in [-0.2, -0.15) is 0 Å². The number of aromatic hydroxyl groups is 1. The van der Waals surface area contributed by atoms with Gasteiger partial charge in [-0.15, -0.1) is 0 Å². The maximum atomic E-state index is 9.87. The van der Waals surface area contributed by atoms with Crippen molar-refractivity contribution in [3.8, 4) is 11.5 Å². The number of hydrogen-bond acceptors (Lipinski definition) is 4. The van der Waals surface area contributed by atoms with Gasteiger partial charge in [-0.25, -0.2) is 9.79 Å². The third kappa shape index (κ3) is 2.25. The zero-order valence-electron chi connectivity index (χ0n) is 7.45. The molecule has 0 bridgehead atoms. The van der Waals surface area contributed by atoms with Gasteiger partial charge in [0, 0.05) is 11.6 Å². The number of hydrogen-bond donors (Lipinski definition) is 1. The Morgan fingerprint density at radius 2 is 2.36 bits per heavy atom. The smallest absolute Gasteiger partial charge is 0.235 e. The first-order chi connectivity index (χ1) is 6.69. The second kappa shape index (κ2) is 4.65. The molecular formula is C9H8ClNO3. The van der Waals surface area contributed by atoms with E-state index in [9.17, 15) is 9.90 Å². The van der Waals surface area contributed by atoms with Gasteiger partial charge in [0.2, 0.25) is 6.08 Å². The zero-order valence-corrected chi connectivity index (χ0v) is 8.21. The highest BCUT2D eigenvalue weighted by atomic mass is 35.5. The summed E-state index contributed by atoms with van der Waals surface area (Å²) in [5.41, 5.74) is 0.458. The first-order valence-corrected chi connectivity index (χ1v) is 4.16. The lowest BCUT2D eigenvalue weighted by molar-refractivity contribution is 0.406. The molecule has 0 aliphatic rings. The minimum absolute atomic E-state index is 0.00903. The molecule has 1 rings (SSSR count). The molecule has 0 aliphatic carbocycles. The molecule has 0 heterocycles. The van der Waals surface area contributed by atoms with E-state index >= 15 is 0 Å². The fourth-order valence-corrected chi connectivity index (χ4v) is 1.25. The van der Waals surface area contributed by atoms with E-state index in [-0.39, 0.29) is 12.3 Å². The van der Waals surface area contributed by atoms with Gasteiger partial charge < -0.3 is 9.84 Å². The van der Waals surface area contributed by atoms with Crippen LogP contribution in [0.2, 0.25) is 5.02 Å². The third-order valence-corrected chi connectivity index (χ3v) is 1.96. The van der Waals surface area contributed by atoms with Crippen LogP contribution in [-0.4, -0.2) is 18.3 Å². The first-order valence-electron chi connectivity index (χ1n) is 3.78. The van der Waals surface area contributed by atoms with Crippen molar-refractivity contribution in [3.63, 3.8) is 0 Å². The Hall–Kier alpha value is -1.51. The van der Waals surface area contributed by atoms with E-state index in [1.54, 1.807) is 0 Å². The number of isocyanates is 1. The highest BCUT2D eigenvalue weighted by Crippen LogP contribution is 2.31. The van der Waals surface area contributed by atoms with Crippen molar-refractivity contribution in [2.75, 3.05) is 7.11 Å². The molecule has 0 amide bonds. The maximum Gasteiger partial charge on any atom is 0.235 e. The Morgan fingerprint density at radius 3 is 2.93 bits per heavy atom. The van der Waals surface area contributed by atoms with Gasteiger partial charge in [0.05, 0.1) is 18.7 Å². The maximum absolute atomic E-state index is 9.87. The number of carbonyl (C=O) groups excluding carboxylic acids is 1. The highest BCUT2D eigenvalue weighted by molar-refractivity contribution is 6.32. The largest absolute Gasteiger partial charge is 0.507 e. The molecule has 1 N–H and O–H groups in total. The Kier molecular flexibility index (Phi) is 3.51. The summed E-state index contributed by atoms with van der Waals surface area (Å²) >= 11 is 5.80. The van der Waals surface area contributed by atoms with E-state index in [2.05, 4.69) is 4.99 Å². The number of ether oxygens (including phenoxy) is 1. The summed E-state index contributed by atoms with van der Waals surface area (Å²) in [5.74, 6) is 0.369. The van der Waals surface area contributed by atoms with Crippen molar-refractivity contribution in [1.82, 2.24) is 0 Å². The second-order valence-corrected chi connectivity index (χ2v) is 2.93. The molecule has 5 heteroatoms. The first kappa shape index (κ1) is 10.6. The van der Waals surface area contributed by atoms with Crippen molar-refractivity contribution in [1.29, 1.82) is 0 Å². The van der Waals surface area contributed by atoms with Crippen LogP contribution in [-0.2, 0) is 11.3 Å². The van der Waals surface area contributed by atoms with Crippen LogP contribution in [0, 0.1) is 0 Å². The Labute approximate surface area is 85.8 Å². The summed E-state index contributed by atoms with van der Waals surface area (Å²) in [7, 11) is 1.45. The van der Waals surface area contributed by atoms with Crippen molar-refractivity contribution < 1.29 is 14.6 Å². The Morgan fingerprint density at radius 1 is 1.64 bits per heavy atom. The molecule has 0 radical (unpaired) electrons. The number of benzene rings is 1. The van der Waals surface area contributed by atoms with Crippen LogP contribution in [0.1, 0.15) is 5.56 Å². The lowest BCUT2D eigenvalue weighted by atomic mass is 10.2. The molecule has 0 saturated carbocycles. The lowest BCUT2D eigenvalue weighted by Gasteiger charge is -2.06. The number of aliphatic imine (C=N–C) groups is 1. The van der Waals surface area contributed by atoms with Crippen LogP contribution in [0.3, 0.4) is 0 Å². The summed E-state index contributed by atoms with van der Waals surface area (Å²) in [6.07, 6.45) is 1.38. The van der Waals surface area contributed by atoms with Crippen molar-refractivity contribution in [2.24, 2.45) is 4.99 Å². The van der Waals surface area contributed by atoms with Gasteiger partial charge in [0.15, 0.2) is 0 Å². The molecule has 14 heavy (non-hydrogen) atoms. The Balaban J connectivity index is 3.08. The van der Waals surface area contributed by atoms with Gasteiger partial charge in [0.1, 0.15) is 11.5 Å². The number of halogens is 1. The van der Waals surface area contributed by atoms with Crippen LogP contribution < -0.4 is 4.74 Å². The van der Waals surface area contributed by atoms with E-state index < -0.39 is 0 Å². The normalized spacial score (nSPS) is 9.29. The van der Waals surface area contributed by atoms with Crippen LogP contribution in [0.25, 0.3) is 0 Å². The molecule has 0 aromatic heterocycles. The van der Waals surface area contributed by atoms with Crippen molar-refractivity contribution in [2.45, 2.75) is 6.54 Å². The molecule has 0 unspecified atom stereocenters. The molecule has 1 aromatic carbocycles. The van der Waals surface area contributed by atoms with Crippen molar-refractivity contribution >= 4 is 17.7 Å². The van der Waals surface area contributed by atoms with Crippen LogP contribution >= 0.6 is 11.6 Å². The van der Waals surface area contributed by atoms with E-state index in [4.69, 9.17) is 16.3 Å². The van der Waals surface area contributed by atoms with E-state index in [0.29, 0.717) is 16.3 Å². The number of rotatable bonds is 3. The quantitative estimate of drug-likeness (QED) is 0.616. The molecule has 74 valence electrons. The summed E-state index contributed by atoms with van der Waals surface area (Å²) in [6, 6.07) is 2.87. The predicted octanol–water partition coefficient (Wildman–Crippen LogP) is 1.89. The molecular weight excluding hydrogens is 206 g/mol. The average Bonchev–Trinajstić information content (AvgIpc) is 2.18. The summed E-state index contributed by atoms with van der Waals surface area (Å²) in [4.78, 5) is 13.2. The minimum Gasteiger partial charge on any atom is -0.507 e. The predicted molar refractivity (Wildman–Crippen MR) is 51.5 cm³/mol. The van der Waals surface area contributed by atoms with E-state index in [0.717, 1.165) is 0 Å². The topological polar surface area (TPSA) is 58.9 Å². The van der Waals surface area contributed by atoms with Crippen LogP contribution in [0.5, 0.6) is 11.5 Å². The molecule has 1 aromatic rings. The standard InChI is InChI=1S/C9H8ClNO3/c1-14-9-3-8(13)6(2-7(9)10)4-11-5-12/h2-3,13H,4H2,1H3. The van der Waals surface area contributed by atoms with Crippen LogP contribution in [0.15, 0.2) is 17.1 Å². The fourth-order valence-electron chi connectivity index (χ4n) is 0.984. The van der Waals surface area contributed by atoms with Gasteiger partial charge >= 0.3 is 0 Å². The molecule has 4 nitrogen and oxygen atoms in total. The van der Waals surface area contributed by atoms with E-state index in [1.165, 1.54) is 25.3 Å². The Bertz CT molecular complexity index is 386. The summed E-state index contributed by atoms with van der Waals surface area (Å²) < 4.78 is 4.89. The average molecular weight is 214 g/mol. The SMILES string of the molecule is COc1cc(O)c(CN=C=O)cc1Cl. The number of phenols is 1. The number of methoxy groups -OCH3 is 1. The van der Waals surface area contributed by atoms with Gasteiger partial charge in [-0.1, -0.05) is 11.6 Å². The monoisotopic (exact) mass is 213 g/mol. The molecule has 0 spiro atoms.